The Morgan fingerprint density at radius 1 is 1.21 bits per heavy atom. The fourth-order valence-corrected chi connectivity index (χ4v) is 2.87. The molecule has 0 spiro atoms. The first-order valence-electron chi connectivity index (χ1n) is 8.90. The van der Waals surface area contributed by atoms with Crippen LogP contribution in [0.4, 0.5) is 4.39 Å². The third-order valence-electron chi connectivity index (χ3n) is 4.45. The summed E-state index contributed by atoms with van der Waals surface area (Å²) in [6.45, 7) is 3.89. The van der Waals surface area contributed by atoms with E-state index in [1.165, 1.54) is 17.0 Å². The van der Waals surface area contributed by atoms with Crippen molar-refractivity contribution >= 4 is 12.4 Å². The smallest absolute Gasteiger partial charge is 0.327 e. The van der Waals surface area contributed by atoms with Gasteiger partial charge in [-0.3, -0.25) is 4.79 Å². The van der Waals surface area contributed by atoms with E-state index < -0.39 is 5.69 Å². The van der Waals surface area contributed by atoms with Gasteiger partial charge in [0.25, 0.3) is 5.56 Å². The van der Waals surface area contributed by atoms with Crippen molar-refractivity contribution in [3.63, 3.8) is 0 Å². The zero-order valence-corrected chi connectivity index (χ0v) is 17.0. The van der Waals surface area contributed by atoms with Crippen LogP contribution in [0.15, 0.2) is 70.4 Å². The van der Waals surface area contributed by atoms with Crippen LogP contribution in [0.5, 0.6) is 0 Å². The van der Waals surface area contributed by atoms with Crippen LogP contribution in [0.25, 0.3) is 16.8 Å². The average Bonchev–Trinajstić information content (AvgIpc) is 3.06. The lowest BCUT2D eigenvalue weighted by Gasteiger charge is -2.12. The van der Waals surface area contributed by atoms with Gasteiger partial charge in [-0.2, -0.15) is 5.10 Å². The number of rotatable bonds is 6. The molecule has 7 nitrogen and oxygen atoms in total. The van der Waals surface area contributed by atoms with Gasteiger partial charge in [0.15, 0.2) is 0 Å². The molecule has 0 saturated heterocycles. The molecular formula is C20H23ClFN5O2. The summed E-state index contributed by atoms with van der Waals surface area (Å²) in [7, 11) is 0. The number of nitrogens with two attached hydrogens (primary N) is 1. The lowest BCUT2D eigenvalue weighted by Crippen LogP contribution is -2.26. The van der Waals surface area contributed by atoms with Gasteiger partial charge in [0, 0.05) is 24.8 Å². The van der Waals surface area contributed by atoms with E-state index in [0.29, 0.717) is 12.0 Å². The summed E-state index contributed by atoms with van der Waals surface area (Å²) in [4.78, 5) is 24.6. The van der Waals surface area contributed by atoms with E-state index in [9.17, 15) is 14.0 Å². The van der Waals surface area contributed by atoms with Crippen molar-refractivity contribution < 1.29 is 4.39 Å². The van der Waals surface area contributed by atoms with Gasteiger partial charge in [0.2, 0.25) is 0 Å². The molecule has 2 N–H and O–H groups in total. The van der Waals surface area contributed by atoms with Crippen molar-refractivity contribution in [1.29, 1.82) is 0 Å². The van der Waals surface area contributed by atoms with Crippen molar-refractivity contribution in [3.8, 4) is 16.8 Å². The molecule has 0 saturated carbocycles. The number of nitrogens with zero attached hydrogens (tertiary/aromatic N) is 4. The van der Waals surface area contributed by atoms with Crippen molar-refractivity contribution in [3.05, 3.63) is 81.7 Å². The van der Waals surface area contributed by atoms with Crippen LogP contribution in [0.2, 0.25) is 0 Å². The second kappa shape index (κ2) is 9.49. The van der Waals surface area contributed by atoms with Crippen LogP contribution in [-0.2, 0) is 6.54 Å². The second-order valence-electron chi connectivity index (χ2n) is 6.72. The molecule has 154 valence electrons. The minimum atomic E-state index is -0.392. The molecule has 0 aliphatic heterocycles. The van der Waals surface area contributed by atoms with E-state index in [0.717, 1.165) is 15.8 Å². The summed E-state index contributed by atoms with van der Waals surface area (Å²) < 4.78 is 16.9. The Morgan fingerprint density at radius 2 is 1.97 bits per heavy atom. The minimum Gasteiger partial charge on any atom is -0.327 e. The number of hydrogen-bond acceptors (Lipinski definition) is 4. The Hall–Kier alpha value is -2.97. The largest absolute Gasteiger partial charge is 0.350 e. The highest BCUT2D eigenvalue weighted by atomic mass is 35.5. The molecule has 29 heavy (non-hydrogen) atoms. The van der Waals surface area contributed by atoms with Crippen LogP contribution >= 0.6 is 12.4 Å². The van der Waals surface area contributed by atoms with Gasteiger partial charge >= 0.3 is 5.69 Å². The highest BCUT2D eigenvalue weighted by Gasteiger charge is 2.10. The first-order valence-corrected chi connectivity index (χ1v) is 8.90. The van der Waals surface area contributed by atoms with E-state index in [1.807, 2.05) is 32.0 Å². The number of hydrogen-bond donors (Lipinski definition) is 1. The maximum atomic E-state index is 12.7. The zero-order chi connectivity index (χ0) is 20.3. The summed E-state index contributed by atoms with van der Waals surface area (Å²) in [5, 5.41) is 4.04. The molecule has 0 unspecified atom stereocenters. The molecule has 2 heterocycles. The lowest BCUT2D eigenvalue weighted by atomic mass is 10.1. The Kier molecular flexibility index (Phi) is 7.30. The normalized spacial score (nSPS) is 11.6. The second-order valence-corrected chi connectivity index (χ2v) is 6.72. The molecule has 0 bridgehead atoms. The Morgan fingerprint density at radius 3 is 2.62 bits per heavy atom. The standard InChI is InChI=1S/C20H22FN5O2.ClH/c1-14(2)24-12-17(6-7-19(24)27)16-4-3-5-18(8-16)25-13-23-26(20(25)28)11-15(9-21)10-22;/h3-9,12-14H,10-11,22H2,1-2H3;1H/b15-9+;. The molecule has 3 aromatic rings. The molecular weight excluding hydrogens is 397 g/mol. The SMILES string of the molecule is CC(C)n1cc(-c2cccc(-n3cnn(C/C(=C/F)CN)c3=O)c2)ccc1=O.Cl. The molecule has 2 aromatic heterocycles. The minimum absolute atomic E-state index is 0. The van der Waals surface area contributed by atoms with Crippen LogP contribution in [0.3, 0.4) is 0 Å². The Labute approximate surface area is 173 Å². The fraction of sp³-hybridized carbons (Fsp3) is 0.250. The molecule has 3 rings (SSSR count). The van der Waals surface area contributed by atoms with Crippen LogP contribution in [0, 0.1) is 0 Å². The first kappa shape index (κ1) is 22.3. The lowest BCUT2D eigenvalue weighted by molar-refractivity contribution is 0.579. The number of pyridine rings is 1. The third-order valence-corrected chi connectivity index (χ3v) is 4.45. The van der Waals surface area contributed by atoms with Crippen LogP contribution in [0.1, 0.15) is 19.9 Å². The predicted octanol–water partition coefficient (Wildman–Crippen LogP) is 2.68. The van der Waals surface area contributed by atoms with Gasteiger partial charge in [0.05, 0.1) is 18.6 Å². The summed E-state index contributed by atoms with van der Waals surface area (Å²) in [6.07, 6.45) is 3.59. The number of halogens is 2. The van der Waals surface area contributed by atoms with Gasteiger partial charge in [-0.15, -0.1) is 12.4 Å². The van der Waals surface area contributed by atoms with Crippen LogP contribution in [-0.4, -0.2) is 25.5 Å². The van der Waals surface area contributed by atoms with Crippen molar-refractivity contribution in [1.82, 2.24) is 18.9 Å². The van der Waals surface area contributed by atoms with E-state index >= 15 is 0 Å². The highest BCUT2D eigenvalue weighted by Crippen LogP contribution is 2.21. The van der Waals surface area contributed by atoms with Gasteiger partial charge < -0.3 is 10.3 Å². The highest BCUT2D eigenvalue weighted by molar-refractivity contribution is 5.85. The van der Waals surface area contributed by atoms with E-state index in [1.54, 1.807) is 22.9 Å². The molecule has 0 amide bonds. The molecule has 9 heteroatoms. The molecule has 0 aliphatic rings. The quantitative estimate of drug-likeness (QED) is 0.665. The monoisotopic (exact) mass is 419 g/mol. The van der Waals surface area contributed by atoms with Gasteiger partial charge in [0.1, 0.15) is 6.33 Å². The first-order chi connectivity index (χ1) is 13.4. The molecule has 0 atom stereocenters. The predicted molar refractivity (Wildman–Crippen MR) is 113 cm³/mol. The fourth-order valence-electron chi connectivity index (χ4n) is 2.87. The van der Waals surface area contributed by atoms with Crippen molar-refractivity contribution in [2.75, 3.05) is 6.54 Å². The van der Waals surface area contributed by atoms with E-state index in [2.05, 4.69) is 5.10 Å². The van der Waals surface area contributed by atoms with E-state index in [-0.39, 0.29) is 42.7 Å². The summed E-state index contributed by atoms with van der Waals surface area (Å²) >= 11 is 0. The Balaban J connectivity index is 0.00000300. The molecule has 0 aliphatic carbocycles. The zero-order valence-electron chi connectivity index (χ0n) is 16.2. The van der Waals surface area contributed by atoms with Crippen LogP contribution < -0.4 is 17.0 Å². The van der Waals surface area contributed by atoms with Gasteiger partial charge in [-0.05, 0) is 48.7 Å². The van der Waals surface area contributed by atoms with E-state index in [4.69, 9.17) is 5.73 Å². The van der Waals surface area contributed by atoms with Gasteiger partial charge in [-0.25, -0.2) is 18.4 Å². The van der Waals surface area contributed by atoms with Crippen molar-refractivity contribution in [2.24, 2.45) is 5.73 Å². The third kappa shape index (κ3) is 4.72. The maximum Gasteiger partial charge on any atom is 0.350 e. The molecule has 0 radical (unpaired) electrons. The molecule has 1 aromatic carbocycles. The Bertz CT molecular complexity index is 1130. The van der Waals surface area contributed by atoms with Crippen molar-refractivity contribution in [2.45, 2.75) is 26.4 Å². The maximum absolute atomic E-state index is 12.7. The van der Waals surface area contributed by atoms with Gasteiger partial charge in [-0.1, -0.05) is 12.1 Å². The topological polar surface area (TPSA) is 87.8 Å². The number of aromatic nitrogens is 4. The molecule has 0 fully saturated rings. The summed E-state index contributed by atoms with van der Waals surface area (Å²) in [5.41, 5.74) is 7.60. The summed E-state index contributed by atoms with van der Waals surface area (Å²) in [5.74, 6) is 0. The number of benzene rings is 1. The average molecular weight is 420 g/mol. The summed E-state index contributed by atoms with van der Waals surface area (Å²) in [6, 6.07) is 10.7.